The zero-order valence-electron chi connectivity index (χ0n) is 9.88. The van der Waals surface area contributed by atoms with Gasteiger partial charge in [-0.3, -0.25) is 4.79 Å². The van der Waals surface area contributed by atoms with Gasteiger partial charge in [-0.25, -0.2) is 0 Å². The van der Waals surface area contributed by atoms with Crippen LogP contribution in [-0.4, -0.2) is 28.1 Å². The number of benzene rings is 1. The molecule has 0 unspecified atom stereocenters. The van der Waals surface area contributed by atoms with Crippen molar-refractivity contribution in [1.29, 1.82) is 0 Å². The summed E-state index contributed by atoms with van der Waals surface area (Å²) < 4.78 is 0. The van der Waals surface area contributed by atoms with E-state index in [2.05, 4.69) is 27.6 Å². The van der Waals surface area contributed by atoms with Gasteiger partial charge in [0, 0.05) is 20.1 Å². The highest BCUT2D eigenvalue weighted by atomic mass is 32.1. The van der Waals surface area contributed by atoms with Gasteiger partial charge in [-0.15, -0.1) is 10.2 Å². The number of hydrogen-bond acceptors (Lipinski definition) is 5. The van der Waals surface area contributed by atoms with Gasteiger partial charge in [0.1, 0.15) is 0 Å². The molecule has 1 amide bonds. The van der Waals surface area contributed by atoms with E-state index < -0.39 is 0 Å². The van der Waals surface area contributed by atoms with Crippen molar-refractivity contribution >= 4 is 22.4 Å². The van der Waals surface area contributed by atoms with Gasteiger partial charge in [0.25, 0.3) is 5.91 Å². The summed E-state index contributed by atoms with van der Waals surface area (Å²) in [7, 11) is 1.76. The Labute approximate surface area is 108 Å². The Balaban J connectivity index is 1.80. The zero-order valence-corrected chi connectivity index (χ0v) is 10.7. The second-order valence-corrected chi connectivity index (χ2v) is 5.07. The summed E-state index contributed by atoms with van der Waals surface area (Å²) in [6.07, 6.45) is 0. The van der Waals surface area contributed by atoms with E-state index >= 15 is 0 Å². The first-order valence-corrected chi connectivity index (χ1v) is 6.47. The first-order valence-electron chi connectivity index (χ1n) is 5.65. The van der Waals surface area contributed by atoms with Crippen molar-refractivity contribution in [2.75, 3.05) is 12.4 Å². The van der Waals surface area contributed by atoms with E-state index in [-0.39, 0.29) is 5.91 Å². The Morgan fingerprint density at radius 2 is 1.94 bits per heavy atom. The van der Waals surface area contributed by atoms with Crippen molar-refractivity contribution in [2.24, 2.45) is 0 Å². The van der Waals surface area contributed by atoms with Gasteiger partial charge in [-0.2, -0.15) is 0 Å². The molecule has 2 aromatic rings. The molecule has 5 nitrogen and oxygen atoms in total. The van der Waals surface area contributed by atoms with E-state index in [0.717, 1.165) is 0 Å². The van der Waals surface area contributed by atoms with Gasteiger partial charge >= 0.3 is 0 Å². The molecule has 6 heteroatoms. The highest BCUT2D eigenvalue weighted by Gasteiger charge is 2.26. The van der Waals surface area contributed by atoms with Crippen LogP contribution in [0.15, 0.2) is 24.3 Å². The maximum Gasteiger partial charge on any atom is 0.285 e. The Morgan fingerprint density at radius 3 is 2.50 bits per heavy atom. The SMILES string of the molecule is CNc1nnc(C(=O)N2Cc3ccccc3C2)s1. The maximum atomic E-state index is 12.3. The van der Waals surface area contributed by atoms with Crippen molar-refractivity contribution in [3.05, 3.63) is 40.4 Å². The van der Waals surface area contributed by atoms with Crippen LogP contribution in [0.4, 0.5) is 5.13 Å². The second-order valence-electron chi connectivity index (χ2n) is 4.09. The van der Waals surface area contributed by atoms with E-state index in [1.54, 1.807) is 11.9 Å². The van der Waals surface area contributed by atoms with Crippen molar-refractivity contribution in [3.8, 4) is 0 Å². The molecule has 0 radical (unpaired) electrons. The minimum absolute atomic E-state index is 0.0507. The van der Waals surface area contributed by atoms with E-state index in [1.165, 1.54) is 22.5 Å². The summed E-state index contributed by atoms with van der Waals surface area (Å²) in [5.41, 5.74) is 2.42. The normalized spacial score (nSPS) is 13.5. The Bertz CT molecular complexity index is 570. The predicted molar refractivity (Wildman–Crippen MR) is 69.5 cm³/mol. The number of aromatic nitrogens is 2. The van der Waals surface area contributed by atoms with Gasteiger partial charge < -0.3 is 10.2 Å². The number of hydrogen-bond donors (Lipinski definition) is 1. The highest BCUT2D eigenvalue weighted by molar-refractivity contribution is 7.17. The molecule has 2 heterocycles. The molecular formula is C12H12N4OS. The molecule has 0 spiro atoms. The molecule has 1 aliphatic heterocycles. The zero-order chi connectivity index (χ0) is 12.5. The van der Waals surface area contributed by atoms with Crippen molar-refractivity contribution in [3.63, 3.8) is 0 Å². The molecule has 1 aliphatic rings. The van der Waals surface area contributed by atoms with Gasteiger partial charge in [0.15, 0.2) is 0 Å². The maximum absolute atomic E-state index is 12.3. The quantitative estimate of drug-likeness (QED) is 0.893. The number of carbonyl (C=O) groups excluding carboxylic acids is 1. The van der Waals surface area contributed by atoms with E-state index in [9.17, 15) is 4.79 Å². The lowest BCUT2D eigenvalue weighted by Crippen LogP contribution is -2.25. The number of carbonyl (C=O) groups is 1. The number of anilines is 1. The molecule has 0 atom stereocenters. The van der Waals surface area contributed by atoms with Crippen LogP contribution in [0.3, 0.4) is 0 Å². The van der Waals surface area contributed by atoms with Crippen LogP contribution < -0.4 is 5.32 Å². The first kappa shape index (κ1) is 11.2. The standard InChI is InChI=1S/C12H12N4OS/c1-13-12-15-14-10(18-12)11(17)16-6-8-4-2-3-5-9(8)7-16/h2-5H,6-7H2,1H3,(H,13,15). The molecule has 1 aromatic carbocycles. The Kier molecular flexibility index (Phi) is 2.71. The fraction of sp³-hybridized carbons (Fsp3) is 0.250. The van der Waals surface area contributed by atoms with Crippen LogP contribution in [0, 0.1) is 0 Å². The van der Waals surface area contributed by atoms with Crippen molar-refractivity contribution in [2.45, 2.75) is 13.1 Å². The number of fused-ring (bicyclic) bond motifs is 1. The summed E-state index contributed by atoms with van der Waals surface area (Å²) in [6, 6.07) is 8.11. The third-order valence-corrected chi connectivity index (χ3v) is 3.88. The van der Waals surface area contributed by atoms with Crippen LogP contribution in [0.5, 0.6) is 0 Å². The molecule has 0 fully saturated rings. The molecule has 0 saturated heterocycles. The summed E-state index contributed by atoms with van der Waals surface area (Å²) in [5, 5.41) is 11.8. The van der Waals surface area contributed by atoms with E-state index in [0.29, 0.717) is 23.2 Å². The van der Waals surface area contributed by atoms with E-state index in [1.807, 2.05) is 12.1 Å². The number of nitrogens with zero attached hydrogens (tertiary/aromatic N) is 3. The fourth-order valence-corrected chi connectivity index (χ4v) is 2.69. The highest BCUT2D eigenvalue weighted by Crippen LogP contribution is 2.25. The summed E-state index contributed by atoms with van der Waals surface area (Å²) in [4.78, 5) is 14.0. The summed E-state index contributed by atoms with van der Waals surface area (Å²) in [5.74, 6) is -0.0507. The second kappa shape index (κ2) is 4.38. The fourth-order valence-electron chi connectivity index (χ4n) is 2.02. The average molecular weight is 260 g/mol. The lowest BCUT2D eigenvalue weighted by atomic mass is 10.1. The molecule has 18 heavy (non-hydrogen) atoms. The van der Waals surface area contributed by atoms with Gasteiger partial charge in [-0.1, -0.05) is 35.6 Å². The number of amides is 1. The number of rotatable bonds is 2. The molecule has 1 N–H and O–H groups in total. The van der Waals surface area contributed by atoms with Crippen LogP contribution in [0.1, 0.15) is 20.9 Å². The summed E-state index contributed by atoms with van der Waals surface area (Å²) >= 11 is 1.28. The van der Waals surface area contributed by atoms with Crippen LogP contribution in [-0.2, 0) is 13.1 Å². The lowest BCUT2D eigenvalue weighted by Gasteiger charge is -2.12. The van der Waals surface area contributed by atoms with Crippen LogP contribution >= 0.6 is 11.3 Å². The third kappa shape index (κ3) is 1.84. The predicted octanol–water partition coefficient (Wildman–Crippen LogP) is 1.74. The molecule has 0 bridgehead atoms. The van der Waals surface area contributed by atoms with Crippen LogP contribution in [0.2, 0.25) is 0 Å². The Hall–Kier alpha value is -1.95. The minimum Gasteiger partial charge on any atom is -0.363 e. The van der Waals surface area contributed by atoms with Crippen LogP contribution in [0.25, 0.3) is 0 Å². The molecular weight excluding hydrogens is 248 g/mol. The molecule has 0 aliphatic carbocycles. The first-order chi connectivity index (χ1) is 8.78. The summed E-state index contributed by atoms with van der Waals surface area (Å²) in [6.45, 7) is 1.31. The van der Waals surface area contributed by atoms with Crippen molar-refractivity contribution < 1.29 is 4.79 Å². The molecule has 0 saturated carbocycles. The lowest BCUT2D eigenvalue weighted by molar-refractivity contribution is 0.0750. The smallest absolute Gasteiger partial charge is 0.285 e. The molecule has 92 valence electrons. The largest absolute Gasteiger partial charge is 0.363 e. The monoisotopic (exact) mass is 260 g/mol. The van der Waals surface area contributed by atoms with Gasteiger partial charge in [0.05, 0.1) is 0 Å². The molecule has 1 aromatic heterocycles. The van der Waals surface area contributed by atoms with Crippen molar-refractivity contribution in [1.82, 2.24) is 15.1 Å². The number of nitrogens with one attached hydrogen (secondary N) is 1. The third-order valence-electron chi connectivity index (χ3n) is 2.95. The topological polar surface area (TPSA) is 58.1 Å². The van der Waals surface area contributed by atoms with Gasteiger partial charge in [-0.05, 0) is 11.1 Å². The van der Waals surface area contributed by atoms with Gasteiger partial charge in [0.2, 0.25) is 10.1 Å². The molecule has 3 rings (SSSR count). The minimum atomic E-state index is -0.0507. The average Bonchev–Trinajstić information content (AvgIpc) is 3.04. The van der Waals surface area contributed by atoms with E-state index in [4.69, 9.17) is 0 Å². The Morgan fingerprint density at radius 1 is 1.28 bits per heavy atom.